The molecule has 0 spiro atoms. The fourth-order valence-corrected chi connectivity index (χ4v) is 6.65. The number of aliphatic hydroxyl groups is 3. The Kier molecular flexibility index (Phi) is 39.1. The monoisotopic (exact) mass is 918 g/mol. The minimum Gasteiger partial charge on any atom is -0.463 e. The quantitative estimate of drug-likeness (QED) is 0.0127. The maximum absolute atomic E-state index is 12.1. The standard InChI is InChI=1S/C45H76O15P2/c1-3-5-7-9-11-13-15-17-18-19-20-22-24-26-28-30-32-34-45(50)56-36-42(47)38-58-62(53,54)60-40-43(48)39-59-61(51,52)57-37-41(46)35-55-44(49)33-31-29-27-25-23-21-16-14-12-10-8-6-4-2/h5,7,9,11,13,15,17-24,41-43,46-48H,3-4,6,8,10,12,14,16,25-40H2,1-2H3,(H,51,52)(H,53,54)/b7-5-,11-9+,15-13+,18-17-,20-19+,23-21-,24-22+. The Labute approximate surface area is 370 Å². The largest absolute Gasteiger partial charge is 0.472 e. The number of carbonyl (C=O) groups is 2. The second kappa shape index (κ2) is 41.0. The summed E-state index contributed by atoms with van der Waals surface area (Å²) in [6, 6.07) is 0. The van der Waals surface area contributed by atoms with Crippen LogP contribution in [0.4, 0.5) is 0 Å². The molecule has 0 fully saturated rings. The van der Waals surface area contributed by atoms with E-state index in [1.807, 2.05) is 66.8 Å². The van der Waals surface area contributed by atoms with Gasteiger partial charge in [0.05, 0.1) is 26.4 Å². The number of unbranched alkanes of at least 4 members (excludes halogenated alkanes) is 12. The molecule has 17 heteroatoms. The van der Waals surface area contributed by atoms with Crippen LogP contribution in [-0.4, -0.2) is 95.0 Å². The molecule has 0 aromatic heterocycles. The van der Waals surface area contributed by atoms with Gasteiger partial charge in [-0.2, -0.15) is 0 Å². The summed E-state index contributed by atoms with van der Waals surface area (Å²) < 4.78 is 52.8. The van der Waals surface area contributed by atoms with Crippen LogP contribution in [0.3, 0.4) is 0 Å². The lowest BCUT2D eigenvalue weighted by molar-refractivity contribution is -0.148. The predicted octanol–water partition coefficient (Wildman–Crippen LogP) is 9.38. The van der Waals surface area contributed by atoms with E-state index in [0.717, 1.165) is 51.4 Å². The van der Waals surface area contributed by atoms with E-state index < -0.39 is 85.5 Å². The summed E-state index contributed by atoms with van der Waals surface area (Å²) >= 11 is 0. The number of esters is 2. The van der Waals surface area contributed by atoms with Gasteiger partial charge >= 0.3 is 27.6 Å². The van der Waals surface area contributed by atoms with Gasteiger partial charge in [0.1, 0.15) is 31.5 Å². The zero-order chi connectivity index (χ0) is 46.0. The van der Waals surface area contributed by atoms with Crippen LogP contribution in [0.2, 0.25) is 0 Å². The summed E-state index contributed by atoms with van der Waals surface area (Å²) in [7, 11) is -9.59. The van der Waals surface area contributed by atoms with Crippen LogP contribution in [-0.2, 0) is 46.3 Å². The van der Waals surface area contributed by atoms with E-state index in [1.165, 1.54) is 38.5 Å². The number of carbonyl (C=O) groups excluding carboxylic acids is 2. The average molecular weight is 919 g/mol. The van der Waals surface area contributed by atoms with Gasteiger partial charge in [0, 0.05) is 12.8 Å². The Bertz CT molecular complexity index is 1440. The SMILES string of the molecule is CC\C=C/C=C/C=C/C=C\C=C\C=C\CCCCCC(=O)OCC(O)COP(=O)(O)OCC(O)COP(=O)(O)OCC(O)COC(=O)CCCCC/C=C\CCCCCCCC. The lowest BCUT2D eigenvalue weighted by Gasteiger charge is -2.19. The van der Waals surface area contributed by atoms with Crippen molar-refractivity contribution in [2.24, 2.45) is 0 Å². The van der Waals surface area contributed by atoms with Crippen molar-refractivity contribution < 1.29 is 71.4 Å². The summed E-state index contributed by atoms with van der Waals surface area (Å²) in [6.45, 7) is 0.153. The van der Waals surface area contributed by atoms with Crippen LogP contribution in [0, 0.1) is 0 Å². The van der Waals surface area contributed by atoms with E-state index in [4.69, 9.17) is 9.47 Å². The molecule has 5 unspecified atom stereocenters. The van der Waals surface area contributed by atoms with Crippen molar-refractivity contribution >= 4 is 27.6 Å². The Balaban J connectivity index is 4.01. The molecule has 62 heavy (non-hydrogen) atoms. The number of hydrogen-bond acceptors (Lipinski definition) is 13. The summed E-state index contributed by atoms with van der Waals surface area (Å²) in [4.78, 5) is 43.6. The molecule has 0 bridgehead atoms. The van der Waals surface area contributed by atoms with Gasteiger partial charge in [0.25, 0.3) is 0 Å². The third-order valence-corrected chi connectivity index (χ3v) is 10.4. The highest BCUT2D eigenvalue weighted by Crippen LogP contribution is 2.45. The Morgan fingerprint density at radius 2 is 0.758 bits per heavy atom. The number of aliphatic hydroxyl groups excluding tert-OH is 3. The highest BCUT2D eigenvalue weighted by Gasteiger charge is 2.28. The third-order valence-electron chi connectivity index (χ3n) is 8.50. The molecule has 0 rings (SSSR count). The van der Waals surface area contributed by atoms with E-state index in [9.17, 15) is 43.8 Å². The fraction of sp³-hybridized carbons (Fsp3) is 0.644. The molecule has 356 valence electrons. The molecule has 0 aliphatic carbocycles. The molecule has 0 saturated carbocycles. The molecule has 5 N–H and O–H groups in total. The maximum Gasteiger partial charge on any atom is 0.472 e. The first-order valence-electron chi connectivity index (χ1n) is 22.0. The Morgan fingerprint density at radius 1 is 0.435 bits per heavy atom. The normalized spacial score (nSPS) is 16.0. The lowest BCUT2D eigenvalue weighted by atomic mass is 10.1. The second-order valence-corrected chi connectivity index (χ2v) is 17.4. The average Bonchev–Trinajstić information content (AvgIpc) is 3.24. The van der Waals surface area contributed by atoms with E-state index in [1.54, 1.807) is 0 Å². The van der Waals surface area contributed by atoms with E-state index >= 15 is 0 Å². The zero-order valence-electron chi connectivity index (χ0n) is 37.0. The predicted molar refractivity (Wildman–Crippen MR) is 242 cm³/mol. The van der Waals surface area contributed by atoms with Crippen molar-refractivity contribution in [2.75, 3.05) is 39.6 Å². The van der Waals surface area contributed by atoms with Crippen LogP contribution in [0.5, 0.6) is 0 Å². The summed E-state index contributed by atoms with van der Waals surface area (Å²) in [5.41, 5.74) is 0. The van der Waals surface area contributed by atoms with Gasteiger partial charge in [0.15, 0.2) is 0 Å². The molecule has 0 amide bonds. The third kappa shape index (κ3) is 42.5. The smallest absolute Gasteiger partial charge is 0.463 e. The number of phosphoric ester groups is 2. The van der Waals surface area contributed by atoms with Crippen LogP contribution in [0.1, 0.15) is 129 Å². The highest BCUT2D eigenvalue weighted by atomic mass is 31.2. The van der Waals surface area contributed by atoms with Gasteiger partial charge in [0.2, 0.25) is 0 Å². The van der Waals surface area contributed by atoms with Crippen molar-refractivity contribution in [2.45, 2.75) is 148 Å². The molecule has 0 radical (unpaired) electrons. The van der Waals surface area contributed by atoms with E-state index in [0.29, 0.717) is 12.8 Å². The van der Waals surface area contributed by atoms with Gasteiger partial charge in [-0.05, 0) is 57.8 Å². The first-order chi connectivity index (χ1) is 29.8. The summed E-state index contributed by atoms with van der Waals surface area (Å²) in [5, 5.41) is 29.9. The van der Waals surface area contributed by atoms with Gasteiger partial charge in [-0.25, -0.2) is 9.13 Å². The van der Waals surface area contributed by atoms with Crippen LogP contribution >= 0.6 is 15.6 Å². The first kappa shape index (κ1) is 59.2. The van der Waals surface area contributed by atoms with Crippen LogP contribution in [0.15, 0.2) is 85.1 Å². The van der Waals surface area contributed by atoms with Crippen molar-refractivity contribution in [3.8, 4) is 0 Å². The molecular formula is C45H76O15P2. The molecule has 0 aromatic carbocycles. The summed E-state index contributed by atoms with van der Waals surface area (Å²) in [6.07, 6.45) is 40.1. The minimum absolute atomic E-state index is 0.140. The molecule has 5 atom stereocenters. The van der Waals surface area contributed by atoms with Crippen LogP contribution < -0.4 is 0 Å². The van der Waals surface area contributed by atoms with Gasteiger partial charge < -0.3 is 34.6 Å². The van der Waals surface area contributed by atoms with Gasteiger partial charge in [-0.15, -0.1) is 0 Å². The molecule has 0 saturated heterocycles. The number of rotatable bonds is 41. The second-order valence-electron chi connectivity index (χ2n) is 14.5. The van der Waals surface area contributed by atoms with Crippen molar-refractivity contribution in [1.29, 1.82) is 0 Å². The van der Waals surface area contributed by atoms with E-state index in [2.05, 4.69) is 50.2 Å². The number of phosphoric acid groups is 2. The maximum atomic E-state index is 12.1. The zero-order valence-corrected chi connectivity index (χ0v) is 38.8. The first-order valence-corrected chi connectivity index (χ1v) is 25.0. The molecule has 0 aliphatic rings. The Morgan fingerprint density at radius 3 is 1.16 bits per heavy atom. The molecule has 0 aliphatic heterocycles. The molecule has 0 heterocycles. The van der Waals surface area contributed by atoms with Crippen molar-refractivity contribution in [3.63, 3.8) is 0 Å². The Hall–Kier alpha value is -2.78. The number of allylic oxidation sites excluding steroid dienone is 14. The number of ether oxygens (including phenoxy) is 2. The topological polar surface area (TPSA) is 225 Å². The molecule has 0 aromatic rings. The molecule has 15 nitrogen and oxygen atoms in total. The number of hydrogen-bond donors (Lipinski definition) is 5. The van der Waals surface area contributed by atoms with Crippen molar-refractivity contribution in [3.05, 3.63) is 85.1 Å². The van der Waals surface area contributed by atoms with Crippen molar-refractivity contribution in [1.82, 2.24) is 0 Å². The minimum atomic E-state index is -4.80. The van der Waals surface area contributed by atoms with Gasteiger partial charge in [-0.3, -0.25) is 27.7 Å². The van der Waals surface area contributed by atoms with Gasteiger partial charge in [-0.1, -0.05) is 144 Å². The fourth-order valence-electron chi connectivity index (χ4n) is 5.06. The highest BCUT2D eigenvalue weighted by molar-refractivity contribution is 7.47. The van der Waals surface area contributed by atoms with E-state index in [-0.39, 0.29) is 12.8 Å². The molecular weight excluding hydrogens is 842 g/mol. The van der Waals surface area contributed by atoms with Crippen LogP contribution in [0.25, 0.3) is 0 Å². The summed E-state index contributed by atoms with van der Waals surface area (Å²) in [5.74, 6) is -1.06. The lowest BCUT2D eigenvalue weighted by Crippen LogP contribution is -2.25.